The predicted molar refractivity (Wildman–Crippen MR) is 125 cm³/mol. The molecule has 31 heavy (non-hydrogen) atoms. The van der Waals surface area contributed by atoms with Gasteiger partial charge < -0.3 is 20.4 Å². The molecule has 6 heteroatoms. The van der Waals surface area contributed by atoms with Gasteiger partial charge in [-0.2, -0.15) is 0 Å². The number of carbonyl (C=O) groups excluding carboxylic acids is 1. The van der Waals surface area contributed by atoms with Crippen LogP contribution < -0.4 is 5.32 Å². The lowest BCUT2D eigenvalue weighted by molar-refractivity contribution is 0.0163. The number of rotatable bonds is 10. The van der Waals surface area contributed by atoms with Crippen LogP contribution in [-0.4, -0.2) is 70.5 Å². The van der Waals surface area contributed by atoms with Crippen LogP contribution in [0.4, 0.5) is 10.5 Å². The van der Waals surface area contributed by atoms with Crippen molar-refractivity contribution in [1.29, 1.82) is 0 Å². The minimum Gasteiger partial charge on any atom is -0.395 e. The van der Waals surface area contributed by atoms with Crippen LogP contribution in [0.15, 0.2) is 30.3 Å². The van der Waals surface area contributed by atoms with Crippen molar-refractivity contribution in [3.63, 3.8) is 0 Å². The van der Waals surface area contributed by atoms with E-state index in [0.29, 0.717) is 12.5 Å². The summed E-state index contributed by atoms with van der Waals surface area (Å²) in [4.78, 5) is 17.4. The van der Waals surface area contributed by atoms with Crippen LogP contribution in [0.25, 0.3) is 0 Å². The first kappa shape index (κ1) is 24.0. The van der Waals surface area contributed by atoms with Crippen LogP contribution in [0.5, 0.6) is 0 Å². The lowest BCUT2D eigenvalue weighted by Gasteiger charge is -2.37. The highest BCUT2D eigenvalue weighted by Gasteiger charge is 2.27. The monoisotopic (exact) mass is 431 g/mol. The largest absolute Gasteiger partial charge is 0.395 e. The Hall–Kier alpha value is -1.63. The van der Waals surface area contributed by atoms with Gasteiger partial charge in [-0.1, -0.05) is 50.3 Å². The van der Waals surface area contributed by atoms with Gasteiger partial charge in [-0.3, -0.25) is 4.90 Å². The number of anilines is 1. The number of amides is 2. The zero-order valence-electron chi connectivity index (χ0n) is 18.9. The third-order valence-electron chi connectivity index (χ3n) is 6.92. The molecule has 3 rings (SSSR count). The summed E-state index contributed by atoms with van der Waals surface area (Å²) in [5.41, 5.74) is 0.860. The van der Waals surface area contributed by atoms with Crippen molar-refractivity contribution in [2.75, 3.05) is 31.6 Å². The highest BCUT2D eigenvalue weighted by atomic mass is 16.3. The molecule has 2 amide bonds. The summed E-state index contributed by atoms with van der Waals surface area (Å²) in [6.07, 6.45) is 11.6. The van der Waals surface area contributed by atoms with E-state index in [1.807, 2.05) is 30.3 Å². The highest BCUT2D eigenvalue weighted by Crippen LogP contribution is 2.24. The number of nitrogens with zero attached hydrogens (tertiary/aromatic N) is 2. The summed E-state index contributed by atoms with van der Waals surface area (Å²) in [5.74, 6) is 0. The molecule has 1 heterocycles. The van der Waals surface area contributed by atoms with Crippen molar-refractivity contribution >= 4 is 11.7 Å². The van der Waals surface area contributed by atoms with E-state index in [1.165, 1.54) is 19.3 Å². The summed E-state index contributed by atoms with van der Waals surface area (Å²) >= 11 is 0. The van der Waals surface area contributed by atoms with E-state index in [2.05, 4.69) is 15.1 Å². The fourth-order valence-electron chi connectivity index (χ4n) is 5.07. The van der Waals surface area contributed by atoms with Gasteiger partial charge in [0.05, 0.1) is 12.7 Å². The Kier molecular flexibility index (Phi) is 10.1. The predicted octanol–water partition coefficient (Wildman–Crippen LogP) is 4.23. The van der Waals surface area contributed by atoms with Crippen molar-refractivity contribution in [3.8, 4) is 0 Å². The number of nitrogens with one attached hydrogen (secondary N) is 1. The summed E-state index contributed by atoms with van der Waals surface area (Å²) in [5, 5.41) is 22.4. The molecule has 2 aliphatic rings. The molecule has 2 fully saturated rings. The van der Waals surface area contributed by atoms with Gasteiger partial charge >= 0.3 is 6.03 Å². The highest BCUT2D eigenvalue weighted by molar-refractivity contribution is 5.89. The molecule has 6 nitrogen and oxygen atoms in total. The number of carbonyl (C=O) groups is 1. The number of piperidine rings is 1. The molecule has 1 saturated carbocycles. The molecule has 0 radical (unpaired) electrons. The first-order chi connectivity index (χ1) is 15.2. The molecule has 1 saturated heterocycles. The summed E-state index contributed by atoms with van der Waals surface area (Å²) in [7, 11) is 0. The van der Waals surface area contributed by atoms with Gasteiger partial charge in [-0.05, 0) is 57.2 Å². The minimum absolute atomic E-state index is 0.0377. The number of hydrogen-bond donors (Lipinski definition) is 3. The molecule has 1 aliphatic heterocycles. The third-order valence-corrected chi connectivity index (χ3v) is 6.92. The van der Waals surface area contributed by atoms with Crippen molar-refractivity contribution in [3.05, 3.63) is 30.3 Å². The third kappa shape index (κ3) is 7.78. The van der Waals surface area contributed by atoms with Gasteiger partial charge in [0.25, 0.3) is 0 Å². The maximum atomic E-state index is 13.0. The Morgan fingerprint density at radius 3 is 2.52 bits per heavy atom. The molecular weight excluding hydrogens is 390 g/mol. The van der Waals surface area contributed by atoms with Crippen LogP contribution in [0.1, 0.15) is 70.6 Å². The molecule has 0 aromatic heterocycles. The second kappa shape index (κ2) is 13.0. The molecule has 174 valence electrons. The Morgan fingerprint density at radius 1 is 1.03 bits per heavy atom. The maximum Gasteiger partial charge on any atom is 0.322 e. The molecular formula is C25H41N3O3. The number of benzene rings is 1. The van der Waals surface area contributed by atoms with E-state index in [9.17, 15) is 15.0 Å². The van der Waals surface area contributed by atoms with Gasteiger partial charge in [0.2, 0.25) is 0 Å². The molecule has 1 aromatic rings. The number of aliphatic hydroxyl groups is 2. The van der Waals surface area contributed by atoms with Gasteiger partial charge in [0.1, 0.15) is 0 Å². The topological polar surface area (TPSA) is 76.0 Å². The number of para-hydroxylation sites is 1. The molecule has 0 bridgehead atoms. The molecule has 3 N–H and O–H groups in total. The maximum absolute atomic E-state index is 13.0. The second-order valence-corrected chi connectivity index (χ2v) is 9.25. The first-order valence-electron chi connectivity index (χ1n) is 12.3. The zero-order chi connectivity index (χ0) is 21.9. The van der Waals surface area contributed by atoms with Crippen molar-refractivity contribution in [2.45, 2.75) is 88.8 Å². The van der Waals surface area contributed by atoms with Crippen LogP contribution in [0.3, 0.4) is 0 Å². The zero-order valence-corrected chi connectivity index (χ0v) is 18.9. The van der Waals surface area contributed by atoms with E-state index in [-0.39, 0.29) is 24.8 Å². The van der Waals surface area contributed by atoms with Gasteiger partial charge in [-0.15, -0.1) is 0 Å². The lowest BCUT2D eigenvalue weighted by Crippen LogP contribution is -2.46. The van der Waals surface area contributed by atoms with E-state index >= 15 is 0 Å². The van der Waals surface area contributed by atoms with Crippen LogP contribution >= 0.6 is 0 Å². The quantitative estimate of drug-likeness (QED) is 0.485. The smallest absolute Gasteiger partial charge is 0.322 e. The van der Waals surface area contributed by atoms with Crippen molar-refractivity contribution in [2.24, 2.45) is 0 Å². The fraction of sp³-hybridized carbons (Fsp3) is 0.720. The number of urea groups is 1. The number of unbranched alkanes of at least 4 members (excludes halogenated alkanes) is 3. The second-order valence-electron chi connectivity index (χ2n) is 9.25. The first-order valence-corrected chi connectivity index (χ1v) is 12.3. The average molecular weight is 432 g/mol. The molecule has 0 spiro atoms. The molecule has 1 aliphatic carbocycles. The number of aliphatic hydroxyl groups excluding tert-OH is 2. The van der Waals surface area contributed by atoms with E-state index < -0.39 is 0 Å². The van der Waals surface area contributed by atoms with E-state index in [1.54, 1.807) is 0 Å². The average Bonchev–Trinajstić information content (AvgIpc) is 2.80. The summed E-state index contributed by atoms with van der Waals surface area (Å²) < 4.78 is 0. The summed E-state index contributed by atoms with van der Waals surface area (Å²) in [6, 6.07) is 10.2. The van der Waals surface area contributed by atoms with Crippen molar-refractivity contribution in [1.82, 2.24) is 9.80 Å². The van der Waals surface area contributed by atoms with Gasteiger partial charge in [0.15, 0.2) is 0 Å². The molecule has 2 atom stereocenters. The summed E-state index contributed by atoms with van der Waals surface area (Å²) in [6.45, 7) is 2.81. The van der Waals surface area contributed by atoms with E-state index in [0.717, 1.165) is 70.3 Å². The number of hydrogen-bond acceptors (Lipinski definition) is 4. The molecule has 2 unspecified atom stereocenters. The van der Waals surface area contributed by atoms with Crippen LogP contribution in [0.2, 0.25) is 0 Å². The van der Waals surface area contributed by atoms with Crippen molar-refractivity contribution < 1.29 is 15.0 Å². The van der Waals surface area contributed by atoms with Crippen LogP contribution in [-0.2, 0) is 0 Å². The molecule has 1 aromatic carbocycles. The Morgan fingerprint density at radius 2 is 1.77 bits per heavy atom. The normalized spacial score (nSPS) is 22.9. The Bertz CT molecular complexity index is 636. The van der Waals surface area contributed by atoms with E-state index in [4.69, 9.17) is 0 Å². The van der Waals surface area contributed by atoms with Crippen LogP contribution in [0, 0.1) is 0 Å². The standard InChI is InChI=1S/C25H41N3O3/c29-20-23-19-24(30)15-18-27(23)16-9-1-2-10-17-28(22-13-7-4-8-14-22)25(31)26-21-11-5-3-6-12-21/h3,5-6,11-12,22-24,29-30H,1-2,4,7-10,13-20H2,(H,26,31). The number of likely N-dealkylation sites (tertiary alicyclic amines) is 1. The SMILES string of the molecule is O=C(Nc1ccccc1)N(CCCCCCN1CCC(O)CC1CO)C1CCCCC1. The lowest BCUT2D eigenvalue weighted by atomic mass is 9.94. The Balaban J connectivity index is 1.40. The van der Waals surface area contributed by atoms with Gasteiger partial charge in [-0.25, -0.2) is 4.79 Å². The minimum atomic E-state index is -0.263. The Labute approximate surface area is 187 Å². The fourth-order valence-corrected chi connectivity index (χ4v) is 5.07. The van der Waals surface area contributed by atoms with Gasteiger partial charge in [0, 0.05) is 30.9 Å².